The molecule has 0 aromatic carbocycles. The number of hydrogen-bond acceptors (Lipinski definition) is 2. The van der Waals surface area contributed by atoms with E-state index in [0.29, 0.717) is 0 Å². The summed E-state index contributed by atoms with van der Waals surface area (Å²) in [6, 6.07) is 0. The smallest absolute Gasteiger partial charge is 0.244 e. The van der Waals surface area contributed by atoms with Crippen LogP contribution in [0.15, 0.2) is 12.7 Å². The fourth-order valence-electron chi connectivity index (χ4n) is 4.20. The summed E-state index contributed by atoms with van der Waals surface area (Å²) in [4.78, 5) is 16.7. The van der Waals surface area contributed by atoms with E-state index in [2.05, 4.69) is 25.3 Å². The maximum Gasteiger partial charge on any atom is 0.244 e. The van der Waals surface area contributed by atoms with Crippen molar-refractivity contribution >= 4 is 5.91 Å². The van der Waals surface area contributed by atoms with E-state index in [1.165, 1.54) is 6.42 Å². The Morgan fingerprint density at radius 1 is 1.47 bits per heavy atom. The Balaban J connectivity index is 1.99. The predicted molar refractivity (Wildman–Crippen MR) is 67.2 cm³/mol. The van der Waals surface area contributed by atoms with Crippen molar-refractivity contribution in [2.45, 2.75) is 38.4 Å². The first-order chi connectivity index (χ1) is 7.99. The van der Waals surface area contributed by atoms with Crippen LogP contribution < -0.4 is 0 Å². The van der Waals surface area contributed by atoms with Crippen molar-refractivity contribution in [2.75, 3.05) is 13.6 Å². The van der Waals surface area contributed by atoms with Gasteiger partial charge in [-0.1, -0.05) is 19.6 Å². The van der Waals surface area contributed by atoms with Crippen LogP contribution in [-0.4, -0.2) is 41.0 Å². The summed E-state index contributed by atoms with van der Waals surface area (Å²) in [5, 5.41) is 0. The molecule has 94 valence electrons. The van der Waals surface area contributed by atoms with Crippen LogP contribution in [0.5, 0.6) is 0 Å². The summed E-state index contributed by atoms with van der Waals surface area (Å²) in [6.45, 7) is 9.44. The molecule has 1 aliphatic carbocycles. The van der Waals surface area contributed by atoms with Gasteiger partial charge in [0.25, 0.3) is 0 Å². The third-order valence-electron chi connectivity index (χ3n) is 5.53. The molecule has 4 rings (SSSR count). The summed E-state index contributed by atoms with van der Waals surface area (Å²) in [7, 11) is 1.91. The summed E-state index contributed by atoms with van der Waals surface area (Å²) in [6.07, 6.45) is 4.35. The first-order valence-electron chi connectivity index (χ1n) is 6.65. The predicted octanol–water partition coefficient (Wildman–Crippen LogP) is 1.71. The van der Waals surface area contributed by atoms with Crippen molar-refractivity contribution in [3.05, 3.63) is 12.7 Å². The van der Waals surface area contributed by atoms with E-state index in [-0.39, 0.29) is 17.6 Å². The molecule has 1 amide bonds. The van der Waals surface area contributed by atoms with Gasteiger partial charge < -0.3 is 4.90 Å². The van der Waals surface area contributed by atoms with Crippen LogP contribution in [0, 0.1) is 17.8 Å². The van der Waals surface area contributed by atoms with E-state index in [1.807, 2.05) is 18.0 Å². The molecule has 0 aromatic heterocycles. The second kappa shape index (κ2) is 3.35. The van der Waals surface area contributed by atoms with E-state index < -0.39 is 0 Å². The summed E-state index contributed by atoms with van der Waals surface area (Å²) >= 11 is 0. The highest BCUT2D eigenvalue weighted by Crippen LogP contribution is 2.52. The molecule has 4 aliphatic rings. The summed E-state index contributed by atoms with van der Waals surface area (Å²) in [5.74, 6) is 2.60. The number of carbonyl (C=O) groups is 1. The molecule has 0 aromatic rings. The highest BCUT2D eigenvalue weighted by atomic mass is 16.2. The van der Waals surface area contributed by atoms with Crippen molar-refractivity contribution in [3.8, 4) is 0 Å². The van der Waals surface area contributed by atoms with Gasteiger partial charge in [0.15, 0.2) is 0 Å². The molecule has 3 aliphatic heterocycles. The largest absolute Gasteiger partial charge is 0.325 e. The fourth-order valence-corrected chi connectivity index (χ4v) is 4.20. The Bertz CT molecular complexity index is 380. The second-order valence-corrected chi connectivity index (χ2v) is 6.31. The molecule has 3 nitrogen and oxygen atoms in total. The molecule has 0 spiro atoms. The van der Waals surface area contributed by atoms with E-state index in [4.69, 9.17) is 0 Å². The van der Waals surface area contributed by atoms with Crippen molar-refractivity contribution in [2.24, 2.45) is 17.8 Å². The van der Waals surface area contributed by atoms with Crippen molar-refractivity contribution in [3.63, 3.8) is 0 Å². The van der Waals surface area contributed by atoms with Crippen molar-refractivity contribution < 1.29 is 4.79 Å². The first-order valence-corrected chi connectivity index (χ1v) is 6.65. The number of amides is 1. The first kappa shape index (κ1) is 11.3. The quantitative estimate of drug-likeness (QED) is 0.645. The van der Waals surface area contributed by atoms with E-state index in [9.17, 15) is 4.79 Å². The topological polar surface area (TPSA) is 23.6 Å². The van der Waals surface area contributed by atoms with E-state index in [1.54, 1.807) is 0 Å². The lowest BCUT2D eigenvalue weighted by Crippen LogP contribution is -2.47. The lowest BCUT2D eigenvalue weighted by atomic mass is 9.64. The molecule has 3 heterocycles. The Kier molecular flexibility index (Phi) is 2.22. The SMILES string of the molecule is C=CC1N(C)C(=O)C2(C)CC3CC(CN12)C3C. The lowest BCUT2D eigenvalue weighted by molar-refractivity contribution is -0.132. The molecule has 3 saturated heterocycles. The Labute approximate surface area is 103 Å². The molecule has 17 heavy (non-hydrogen) atoms. The highest BCUT2D eigenvalue weighted by molar-refractivity contribution is 5.88. The molecule has 0 radical (unpaired) electrons. The lowest BCUT2D eigenvalue weighted by Gasteiger charge is -2.41. The zero-order valence-electron chi connectivity index (χ0n) is 11.0. The third kappa shape index (κ3) is 1.23. The van der Waals surface area contributed by atoms with Gasteiger partial charge in [-0.25, -0.2) is 0 Å². The molecule has 4 fully saturated rings. The minimum atomic E-state index is -0.280. The minimum absolute atomic E-state index is 0.0963. The standard InChI is InChI=1S/C14H22N2O/c1-5-12-15(4)13(17)14(3)7-10-6-11(9(10)2)8-16(12)14/h5,9-12H,1,6-8H2,2-4H3. The average Bonchev–Trinajstić information content (AvgIpc) is 2.48. The number of nitrogens with zero attached hydrogens (tertiary/aromatic N) is 2. The minimum Gasteiger partial charge on any atom is -0.325 e. The number of likely N-dealkylation sites (N-methyl/N-ethyl adjacent to an activating group) is 1. The Morgan fingerprint density at radius 2 is 2.18 bits per heavy atom. The zero-order chi connectivity index (χ0) is 12.4. The van der Waals surface area contributed by atoms with Crippen LogP contribution in [-0.2, 0) is 4.79 Å². The zero-order valence-corrected chi connectivity index (χ0v) is 11.0. The van der Waals surface area contributed by atoms with Crippen molar-refractivity contribution in [1.82, 2.24) is 9.80 Å². The van der Waals surface area contributed by atoms with Crippen LogP contribution in [0.4, 0.5) is 0 Å². The normalized spacial score (nSPS) is 49.6. The number of carbonyl (C=O) groups excluding carboxylic acids is 1. The van der Waals surface area contributed by atoms with Gasteiger partial charge in [-0.05, 0) is 37.5 Å². The number of hydrogen-bond donors (Lipinski definition) is 0. The van der Waals surface area contributed by atoms with Gasteiger partial charge in [0.1, 0.15) is 6.17 Å². The Morgan fingerprint density at radius 3 is 2.76 bits per heavy atom. The molecule has 5 unspecified atom stereocenters. The highest BCUT2D eigenvalue weighted by Gasteiger charge is 2.59. The van der Waals surface area contributed by atoms with E-state index >= 15 is 0 Å². The van der Waals surface area contributed by atoms with Gasteiger partial charge in [-0.3, -0.25) is 9.69 Å². The van der Waals surface area contributed by atoms with Crippen LogP contribution in [0.3, 0.4) is 0 Å². The van der Waals surface area contributed by atoms with Crippen molar-refractivity contribution in [1.29, 1.82) is 0 Å². The molecule has 3 heteroatoms. The van der Waals surface area contributed by atoms with Gasteiger partial charge in [-0.15, -0.1) is 0 Å². The summed E-state index contributed by atoms with van der Waals surface area (Å²) < 4.78 is 0. The number of rotatable bonds is 1. The Hall–Kier alpha value is -0.830. The molecular weight excluding hydrogens is 212 g/mol. The van der Waals surface area contributed by atoms with Gasteiger partial charge >= 0.3 is 0 Å². The molecule has 0 N–H and O–H groups in total. The van der Waals surface area contributed by atoms with Crippen LogP contribution in [0.2, 0.25) is 0 Å². The molecular formula is C14H22N2O. The second-order valence-electron chi connectivity index (χ2n) is 6.31. The maximum absolute atomic E-state index is 12.5. The average molecular weight is 234 g/mol. The molecule has 1 saturated carbocycles. The van der Waals surface area contributed by atoms with Gasteiger partial charge in [0, 0.05) is 13.6 Å². The van der Waals surface area contributed by atoms with Gasteiger partial charge in [0.05, 0.1) is 5.54 Å². The molecule has 2 bridgehead atoms. The third-order valence-corrected chi connectivity index (χ3v) is 5.53. The van der Waals surface area contributed by atoms with E-state index in [0.717, 1.165) is 30.7 Å². The van der Waals surface area contributed by atoms with Gasteiger partial charge in [0.2, 0.25) is 5.91 Å². The van der Waals surface area contributed by atoms with Crippen LogP contribution in [0.1, 0.15) is 26.7 Å². The van der Waals surface area contributed by atoms with Gasteiger partial charge in [-0.2, -0.15) is 0 Å². The molecule has 5 atom stereocenters. The fraction of sp³-hybridized carbons (Fsp3) is 0.786. The van der Waals surface area contributed by atoms with Crippen LogP contribution >= 0.6 is 0 Å². The van der Waals surface area contributed by atoms with Crippen LogP contribution in [0.25, 0.3) is 0 Å². The maximum atomic E-state index is 12.5. The monoisotopic (exact) mass is 234 g/mol. The summed E-state index contributed by atoms with van der Waals surface area (Å²) in [5.41, 5.74) is -0.280.